The number of piperazine rings is 1. The fourth-order valence-corrected chi connectivity index (χ4v) is 8.97. The van der Waals surface area contributed by atoms with Gasteiger partial charge in [-0.1, -0.05) is 61.0 Å². The number of fused-ring (bicyclic) bond motifs is 1. The normalized spacial score (nSPS) is 18.5. The molecule has 0 spiro atoms. The highest BCUT2D eigenvalue weighted by Gasteiger charge is 2.42. The van der Waals surface area contributed by atoms with E-state index in [2.05, 4.69) is 36.5 Å². The van der Waals surface area contributed by atoms with Crippen molar-refractivity contribution in [1.29, 1.82) is 0 Å². The molecule has 322 valence electrons. The van der Waals surface area contributed by atoms with Gasteiger partial charge in [-0.05, 0) is 42.7 Å². The minimum Gasteiger partial charge on any atom is -0.431 e. The Morgan fingerprint density at radius 2 is 1.52 bits per heavy atom. The first-order valence-electron chi connectivity index (χ1n) is 20.7. The minimum atomic E-state index is -0.416. The number of benzene rings is 3. The number of urea groups is 1. The maximum absolute atomic E-state index is 12.9. The Bertz CT molecular complexity index is 2090. The SMILES string of the molecule is O=C(CCCC[C@H]1SC[C@H]2NC(=O)N[C@H]21)NCCOCCOCC(=O)Nc1ccc(NC(=O)c2coc(N3CCN(Cc4ccc(C(=O)c5ccccc5)cc4)CC3)n2)cc1. The number of ketones is 1. The Balaban J connectivity index is 0.710. The number of nitrogens with zero attached hydrogens (tertiary/aromatic N) is 3. The number of unbranched alkanes of at least 4 members (excludes halogenated alkanes) is 1. The van der Waals surface area contributed by atoms with E-state index < -0.39 is 5.91 Å². The standard InChI is InChI=1S/C44H52N8O8S/c53-38(9-5-4-8-37-40-36(29-61-37)48-43(57)50-40)45-18-23-58-24-25-59-28-39(54)46-33-14-16-34(17-15-33)47-42(56)35-27-60-44(49-35)52-21-19-51(20-22-52)26-30-10-12-32(13-11-30)41(55)31-6-2-1-3-7-31/h1-3,6-7,10-17,27,36-37,40H,4-5,8-9,18-26,28-29H2,(H,45,53)(H,46,54)(H,47,56)(H2,48,50,57)/t36-,37-,40-/m1/s1. The van der Waals surface area contributed by atoms with Crippen molar-refractivity contribution in [3.05, 3.63) is 108 Å². The number of ether oxygens (including phenoxy) is 2. The number of oxazole rings is 1. The van der Waals surface area contributed by atoms with Crippen LogP contribution in [0.2, 0.25) is 0 Å². The van der Waals surface area contributed by atoms with Gasteiger partial charge >= 0.3 is 6.03 Å². The highest BCUT2D eigenvalue weighted by atomic mass is 32.2. The first-order chi connectivity index (χ1) is 29.8. The molecule has 3 fully saturated rings. The van der Waals surface area contributed by atoms with Crippen LogP contribution in [0, 0.1) is 0 Å². The van der Waals surface area contributed by atoms with Crippen molar-refractivity contribution in [3.8, 4) is 0 Å². The van der Waals surface area contributed by atoms with Crippen LogP contribution in [0.1, 0.15) is 57.7 Å². The quantitative estimate of drug-likeness (QED) is 0.0454. The van der Waals surface area contributed by atoms with Gasteiger partial charge in [0.25, 0.3) is 11.9 Å². The first kappa shape index (κ1) is 43.3. The molecule has 5 N–H and O–H groups in total. The van der Waals surface area contributed by atoms with Crippen molar-refractivity contribution in [2.24, 2.45) is 0 Å². The van der Waals surface area contributed by atoms with Crippen molar-refractivity contribution in [3.63, 3.8) is 0 Å². The molecule has 1 aromatic heterocycles. The molecule has 7 rings (SSSR count). The summed E-state index contributed by atoms with van der Waals surface area (Å²) in [6.07, 6.45) is 4.51. The summed E-state index contributed by atoms with van der Waals surface area (Å²) in [5.74, 6) is 0.182. The summed E-state index contributed by atoms with van der Waals surface area (Å²) in [4.78, 5) is 70.5. The molecule has 4 heterocycles. The van der Waals surface area contributed by atoms with Crippen LogP contribution in [0.3, 0.4) is 0 Å². The number of carbonyl (C=O) groups excluding carboxylic acids is 5. The van der Waals surface area contributed by atoms with Crippen LogP contribution < -0.4 is 31.5 Å². The average Bonchev–Trinajstić information content (AvgIpc) is 4.02. The van der Waals surface area contributed by atoms with Crippen LogP contribution in [0.15, 0.2) is 89.5 Å². The summed E-state index contributed by atoms with van der Waals surface area (Å²) in [6.45, 7) is 4.79. The van der Waals surface area contributed by atoms with Crippen LogP contribution in [0.5, 0.6) is 0 Å². The number of carbonyl (C=O) groups is 5. The van der Waals surface area contributed by atoms with Gasteiger partial charge in [-0.3, -0.25) is 24.1 Å². The summed E-state index contributed by atoms with van der Waals surface area (Å²) in [6, 6.07) is 24.4. The highest BCUT2D eigenvalue weighted by molar-refractivity contribution is 8.00. The Morgan fingerprint density at radius 1 is 0.803 bits per heavy atom. The number of hydrogen-bond acceptors (Lipinski definition) is 12. The number of nitrogens with one attached hydrogen (secondary N) is 5. The number of aromatic nitrogens is 1. The van der Waals surface area contributed by atoms with Gasteiger partial charge in [-0.2, -0.15) is 16.7 Å². The monoisotopic (exact) mass is 852 g/mol. The zero-order valence-electron chi connectivity index (χ0n) is 33.9. The number of amides is 5. The molecule has 0 saturated carbocycles. The summed E-state index contributed by atoms with van der Waals surface area (Å²) in [5, 5.41) is 14.8. The maximum atomic E-state index is 12.9. The van der Waals surface area contributed by atoms with E-state index in [0.29, 0.717) is 66.4 Å². The van der Waals surface area contributed by atoms with Gasteiger partial charge < -0.3 is 45.4 Å². The zero-order valence-corrected chi connectivity index (χ0v) is 34.8. The van der Waals surface area contributed by atoms with E-state index in [1.807, 2.05) is 71.3 Å². The third-order valence-electron chi connectivity index (χ3n) is 10.7. The third kappa shape index (κ3) is 12.6. The molecule has 0 aliphatic carbocycles. The van der Waals surface area contributed by atoms with Crippen molar-refractivity contribution < 1.29 is 37.9 Å². The lowest BCUT2D eigenvalue weighted by Crippen LogP contribution is -2.46. The van der Waals surface area contributed by atoms with Gasteiger partial charge in [0, 0.05) is 79.2 Å². The molecule has 0 bridgehead atoms. The van der Waals surface area contributed by atoms with E-state index >= 15 is 0 Å². The predicted octanol–water partition coefficient (Wildman–Crippen LogP) is 4.29. The number of thioether (sulfide) groups is 1. The molecule has 3 aliphatic heterocycles. The zero-order chi connectivity index (χ0) is 42.4. The smallest absolute Gasteiger partial charge is 0.315 e. The lowest BCUT2D eigenvalue weighted by Gasteiger charge is -2.33. The predicted molar refractivity (Wildman–Crippen MR) is 232 cm³/mol. The Kier molecular flexibility index (Phi) is 15.4. The fraction of sp³-hybridized carbons (Fsp3) is 0.409. The second-order valence-electron chi connectivity index (χ2n) is 15.1. The van der Waals surface area contributed by atoms with E-state index in [-0.39, 0.29) is 61.2 Å². The maximum Gasteiger partial charge on any atom is 0.315 e. The molecule has 3 atom stereocenters. The molecule has 3 saturated heterocycles. The topological polar surface area (TPSA) is 196 Å². The van der Waals surface area contributed by atoms with Crippen molar-refractivity contribution >= 4 is 58.7 Å². The van der Waals surface area contributed by atoms with E-state index in [1.165, 1.54) is 6.26 Å². The molecule has 17 heteroatoms. The summed E-state index contributed by atoms with van der Waals surface area (Å²) in [5.41, 5.74) is 3.69. The lowest BCUT2D eigenvalue weighted by molar-refractivity contribution is -0.122. The Hall–Kier alpha value is -5.75. The van der Waals surface area contributed by atoms with Crippen molar-refractivity contribution in [2.45, 2.75) is 49.6 Å². The molecule has 0 radical (unpaired) electrons. The molecular weight excluding hydrogens is 801 g/mol. The van der Waals surface area contributed by atoms with Gasteiger partial charge in [-0.25, -0.2) is 4.79 Å². The van der Waals surface area contributed by atoms with Gasteiger partial charge in [0.1, 0.15) is 12.9 Å². The molecular formula is C44H52N8O8S. The van der Waals surface area contributed by atoms with Crippen molar-refractivity contribution in [1.82, 2.24) is 25.8 Å². The van der Waals surface area contributed by atoms with E-state index in [1.54, 1.807) is 24.3 Å². The van der Waals surface area contributed by atoms with E-state index in [4.69, 9.17) is 13.9 Å². The number of hydrogen-bond donors (Lipinski definition) is 5. The van der Waals surface area contributed by atoms with Gasteiger partial charge in [0.15, 0.2) is 11.5 Å². The minimum absolute atomic E-state index is 0.00883. The average molecular weight is 853 g/mol. The summed E-state index contributed by atoms with van der Waals surface area (Å²) < 4.78 is 16.6. The van der Waals surface area contributed by atoms with Crippen LogP contribution in [-0.4, -0.2) is 122 Å². The fourth-order valence-electron chi connectivity index (χ4n) is 7.43. The molecule has 16 nitrogen and oxygen atoms in total. The molecule has 4 aromatic rings. The molecule has 3 aromatic carbocycles. The summed E-state index contributed by atoms with van der Waals surface area (Å²) in [7, 11) is 0. The Morgan fingerprint density at radius 3 is 2.30 bits per heavy atom. The Labute approximate surface area is 358 Å². The summed E-state index contributed by atoms with van der Waals surface area (Å²) >= 11 is 1.88. The van der Waals surface area contributed by atoms with Crippen LogP contribution in [0.4, 0.5) is 22.2 Å². The largest absolute Gasteiger partial charge is 0.431 e. The van der Waals surface area contributed by atoms with Gasteiger partial charge in [-0.15, -0.1) is 0 Å². The number of rotatable bonds is 21. The third-order valence-corrected chi connectivity index (χ3v) is 12.2. The second kappa shape index (κ2) is 21.7. The van der Waals surface area contributed by atoms with E-state index in [0.717, 1.165) is 50.2 Å². The second-order valence-corrected chi connectivity index (χ2v) is 16.4. The highest BCUT2D eigenvalue weighted by Crippen LogP contribution is 2.33. The van der Waals surface area contributed by atoms with E-state index in [9.17, 15) is 24.0 Å². The number of anilines is 3. The molecule has 3 aliphatic rings. The first-order valence-corrected chi connectivity index (χ1v) is 21.8. The lowest BCUT2D eigenvalue weighted by atomic mass is 10.0. The van der Waals surface area contributed by atoms with Crippen LogP contribution in [0.25, 0.3) is 0 Å². The van der Waals surface area contributed by atoms with Crippen molar-refractivity contribution in [2.75, 3.05) is 80.4 Å². The van der Waals surface area contributed by atoms with Crippen LogP contribution in [-0.2, 0) is 25.6 Å². The molecule has 0 unspecified atom stereocenters. The molecule has 5 amide bonds. The molecule has 61 heavy (non-hydrogen) atoms. The van der Waals surface area contributed by atoms with Crippen LogP contribution >= 0.6 is 11.8 Å². The van der Waals surface area contributed by atoms with Gasteiger partial charge in [0.2, 0.25) is 11.8 Å². The van der Waals surface area contributed by atoms with Gasteiger partial charge in [0.05, 0.1) is 31.9 Å².